The first-order valence-electron chi connectivity index (χ1n) is 3.98. The molecule has 0 aliphatic rings. The molecular formula is C9H14ClNO3. The fourth-order valence-electron chi connectivity index (χ4n) is 1.07. The molecule has 1 rings (SSSR count). The first kappa shape index (κ1) is 13.0. The Kier molecular flexibility index (Phi) is 4.70. The molecule has 0 aromatic heterocycles. The van der Waals surface area contributed by atoms with E-state index in [0.29, 0.717) is 5.56 Å². The zero-order chi connectivity index (χ0) is 10.0. The van der Waals surface area contributed by atoms with Gasteiger partial charge < -0.3 is 21.1 Å². The van der Waals surface area contributed by atoms with E-state index in [9.17, 15) is 10.2 Å². The molecule has 80 valence electrons. The Morgan fingerprint density at radius 2 is 1.86 bits per heavy atom. The zero-order valence-corrected chi connectivity index (χ0v) is 8.53. The van der Waals surface area contributed by atoms with Crippen molar-refractivity contribution < 1.29 is 15.3 Å². The standard InChI is InChI=1S/C9H13NO3.ClH/c1-5(11)9(10)7-4-6(12)2-3-8(7)13;/h2-5,9,11-13H,10H2,1H3;1H/t5-,9-;/m1./s1. The molecule has 0 aliphatic heterocycles. The van der Waals surface area contributed by atoms with Crippen molar-refractivity contribution in [3.8, 4) is 11.5 Å². The number of rotatable bonds is 2. The van der Waals surface area contributed by atoms with Crippen LogP contribution in [0.15, 0.2) is 18.2 Å². The fraction of sp³-hybridized carbons (Fsp3) is 0.333. The van der Waals surface area contributed by atoms with Gasteiger partial charge in [0.1, 0.15) is 11.5 Å². The maximum absolute atomic E-state index is 9.35. The van der Waals surface area contributed by atoms with E-state index in [2.05, 4.69) is 0 Å². The van der Waals surface area contributed by atoms with Crippen LogP contribution in [0.2, 0.25) is 0 Å². The smallest absolute Gasteiger partial charge is 0.120 e. The number of halogens is 1. The third-order valence-corrected chi connectivity index (χ3v) is 1.89. The molecule has 1 aromatic carbocycles. The van der Waals surface area contributed by atoms with Crippen molar-refractivity contribution in [3.63, 3.8) is 0 Å². The van der Waals surface area contributed by atoms with Gasteiger partial charge in [0.15, 0.2) is 0 Å². The normalized spacial score (nSPS) is 14.2. The summed E-state index contributed by atoms with van der Waals surface area (Å²) in [6, 6.07) is 3.35. The monoisotopic (exact) mass is 219 g/mol. The van der Waals surface area contributed by atoms with Gasteiger partial charge in [-0.2, -0.15) is 0 Å². The van der Waals surface area contributed by atoms with Crippen LogP contribution in [0.25, 0.3) is 0 Å². The Labute approximate surface area is 88.4 Å². The van der Waals surface area contributed by atoms with Crippen LogP contribution in [0.4, 0.5) is 0 Å². The van der Waals surface area contributed by atoms with Crippen molar-refractivity contribution in [2.24, 2.45) is 5.73 Å². The fourth-order valence-corrected chi connectivity index (χ4v) is 1.07. The molecule has 1 aromatic rings. The van der Waals surface area contributed by atoms with Gasteiger partial charge in [-0.05, 0) is 25.1 Å². The molecule has 0 amide bonds. The second-order valence-corrected chi connectivity index (χ2v) is 3.01. The maximum atomic E-state index is 9.35. The molecule has 0 aliphatic carbocycles. The second kappa shape index (κ2) is 5.05. The molecule has 5 heteroatoms. The Morgan fingerprint density at radius 3 is 2.36 bits per heavy atom. The van der Waals surface area contributed by atoms with Crippen molar-refractivity contribution in [1.29, 1.82) is 0 Å². The van der Waals surface area contributed by atoms with E-state index in [1.165, 1.54) is 25.1 Å². The number of aliphatic hydroxyl groups is 1. The highest BCUT2D eigenvalue weighted by atomic mass is 35.5. The highest BCUT2D eigenvalue weighted by Gasteiger charge is 2.16. The van der Waals surface area contributed by atoms with E-state index >= 15 is 0 Å². The quantitative estimate of drug-likeness (QED) is 0.557. The zero-order valence-electron chi connectivity index (χ0n) is 7.71. The highest BCUT2D eigenvalue weighted by Crippen LogP contribution is 2.28. The van der Waals surface area contributed by atoms with Crippen molar-refractivity contribution >= 4 is 12.4 Å². The lowest BCUT2D eigenvalue weighted by molar-refractivity contribution is 0.162. The molecule has 0 saturated carbocycles. The van der Waals surface area contributed by atoms with E-state index in [-0.39, 0.29) is 23.9 Å². The lowest BCUT2D eigenvalue weighted by atomic mass is 10.0. The van der Waals surface area contributed by atoms with Gasteiger partial charge in [0.05, 0.1) is 12.1 Å². The maximum Gasteiger partial charge on any atom is 0.120 e. The molecule has 2 atom stereocenters. The SMILES string of the molecule is C[C@@H](O)[C@@H](N)c1cc(O)ccc1O.Cl. The van der Waals surface area contributed by atoms with Crippen LogP contribution >= 0.6 is 12.4 Å². The van der Waals surface area contributed by atoms with Gasteiger partial charge in [0.2, 0.25) is 0 Å². The molecule has 14 heavy (non-hydrogen) atoms. The number of hydrogen-bond donors (Lipinski definition) is 4. The summed E-state index contributed by atoms with van der Waals surface area (Å²) < 4.78 is 0. The van der Waals surface area contributed by atoms with Crippen molar-refractivity contribution in [2.75, 3.05) is 0 Å². The molecule has 0 fully saturated rings. The summed E-state index contributed by atoms with van der Waals surface area (Å²) in [6.07, 6.45) is -0.771. The number of phenols is 2. The molecule has 0 unspecified atom stereocenters. The molecule has 0 saturated heterocycles. The minimum Gasteiger partial charge on any atom is -0.508 e. The average molecular weight is 220 g/mol. The van der Waals surface area contributed by atoms with Crippen LogP contribution < -0.4 is 5.73 Å². The average Bonchev–Trinajstić information content (AvgIpc) is 2.08. The van der Waals surface area contributed by atoms with Crippen LogP contribution in [-0.2, 0) is 0 Å². The first-order chi connectivity index (χ1) is 6.02. The van der Waals surface area contributed by atoms with Crippen molar-refractivity contribution in [3.05, 3.63) is 23.8 Å². The second-order valence-electron chi connectivity index (χ2n) is 3.01. The summed E-state index contributed by atoms with van der Waals surface area (Å²) >= 11 is 0. The summed E-state index contributed by atoms with van der Waals surface area (Å²) in [5.41, 5.74) is 5.93. The van der Waals surface area contributed by atoms with Gasteiger partial charge in [-0.1, -0.05) is 0 Å². The molecular weight excluding hydrogens is 206 g/mol. The molecule has 0 spiro atoms. The van der Waals surface area contributed by atoms with Gasteiger partial charge in [-0.3, -0.25) is 0 Å². The summed E-state index contributed by atoms with van der Waals surface area (Å²) in [5.74, 6) is -0.00454. The number of phenolic OH excluding ortho intramolecular Hbond substituents is 2. The van der Waals surface area contributed by atoms with Crippen LogP contribution in [-0.4, -0.2) is 21.4 Å². The number of nitrogens with two attached hydrogens (primary N) is 1. The predicted octanol–water partition coefficient (Wildman–Crippen LogP) is 0.900. The Morgan fingerprint density at radius 1 is 1.29 bits per heavy atom. The van der Waals surface area contributed by atoms with Gasteiger partial charge in [-0.15, -0.1) is 12.4 Å². The van der Waals surface area contributed by atoms with Crippen molar-refractivity contribution in [1.82, 2.24) is 0 Å². The van der Waals surface area contributed by atoms with Gasteiger partial charge in [0, 0.05) is 5.56 Å². The Bertz CT molecular complexity index is 304. The molecule has 0 radical (unpaired) electrons. The lowest BCUT2D eigenvalue weighted by Crippen LogP contribution is -2.23. The van der Waals surface area contributed by atoms with E-state index < -0.39 is 12.1 Å². The third kappa shape index (κ3) is 2.77. The number of aromatic hydroxyl groups is 2. The van der Waals surface area contributed by atoms with Crippen LogP contribution in [0.3, 0.4) is 0 Å². The summed E-state index contributed by atoms with van der Waals surface area (Å²) in [5, 5.41) is 27.6. The Balaban J connectivity index is 0.00000169. The third-order valence-electron chi connectivity index (χ3n) is 1.89. The number of hydrogen-bond acceptors (Lipinski definition) is 4. The van der Waals surface area contributed by atoms with E-state index in [4.69, 9.17) is 10.8 Å². The van der Waals surface area contributed by atoms with E-state index in [0.717, 1.165) is 0 Å². The minimum absolute atomic E-state index is 0. The Hall–Kier alpha value is -0.970. The van der Waals surface area contributed by atoms with E-state index in [1.54, 1.807) is 0 Å². The van der Waals surface area contributed by atoms with Crippen LogP contribution in [0.1, 0.15) is 18.5 Å². The molecule has 5 N–H and O–H groups in total. The minimum atomic E-state index is -0.771. The molecule has 4 nitrogen and oxygen atoms in total. The van der Waals surface area contributed by atoms with E-state index in [1.807, 2.05) is 0 Å². The largest absolute Gasteiger partial charge is 0.508 e. The van der Waals surface area contributed by atoms with Crippen LogP contribution in [0.5, 0.6) is 11.5 Å². The van der Waals surface area contributed by atoms with Gasteiger partial charge in [-0.25, -0.2) is 0 Å². The number of benzene rings is 1. The number of aliphatic hydroxyl groups excluding tert-OH is 1. The highest BCUT2D eigenvalue weighted by molar-refractivity contribution is 5.85. The summed E-state index contributed by atoms with van der Waals surface area (Å²) in [6.45, 7) is 1.52. The van der Waals surface area contributed by atoms with Crippen molar-refractivity contribution in [2.45, 2.75) is 19.1 Å². The predicted molar refractivity (Wildman–Crippen MR) is 55.6 cm³/mol. The summed E-state index contributed by atoms with van der Waals surface area (Å²) in [4.78, 5) is 0. The molecule has 0 bridgehead atoms. The lowest BCUT2D eigenvalue weighted by Gasteiger charge is -2.16. The molecule has 0 heterocycles. The van der Waals surface area contributed by atoms with Gasteiger partial charge in [0.25, 0.3) is 0 Å². The van der Waals surface area contributed by atoms with Gasteiger partial charge >= 0.3 is 0 Å². The first-order valence-corrected chi connectivity index (χ1v) is 3.98. The summed E-state index contributed by atoms with van der Waals surface area (Å²) in [7, 11) is 0. The van der Waals surface area contributed by atoms with Crippen LogP contribution in [0, 0.1) is 0 Å². The topological polar surface area (TPSA) is 86.7 Å².